The Kier molecular flexibility index (Phi) is 6.51. The molecule has 0 spiro atoms. The van der Waals surface area contributed by atoms with Crippen molar-refractivity contribution < 1.29 is 13.2 Å². The lowest BCUT2D eigenvalue weighted by Gasteiger charge is -2.27. The summed E-state index contributed by atoms with van der Waals surface area (Å²) in [6.07, 6.45) is 0. The summed E-state index contributed by atoms with van der Waals surface area (Å²) in [5.41, 5.74) is 3.44. The Bertz CT molecular complexity index is 1230. The number of para-hydroxylation sites is 1. The van der Waals surface area contributed by atoms with Gasteiger partial charge in [0.1, 0.15) is 5.37 Å². The third-order valence-corrected chi connectivity index (χ3v) is 8.12. The monoisotopic (exact) mass is 486 g/mol. The minimum absolute atomic E-state index is 0.0700. The molecule has 1 aliphatic rings. The summed E-state index contributed by atoms with van der Waals surface area (Å²) in [7, 11) is -3.72. The van der Waals surface area contributed by atoms with Gasteiger partial charge in [0.15, 0.2) is 0 Å². The van der Waals surface area contributed by atoms with E-state index in [2.05, 4.69) is 24.6 Å². The van der Waals surface area contributed by atoms with Gasteiger partial charge in [-0.1, -0.05) is 55.8 Å². The van der Waals surface area contributed by atoms with E-state index in [1.54, 1.807) is 23.9 Å². The number of benzene rings is 3. The first kappa shape index (κ1) is 22.7. The molecule has 3 aromatic carbocycles. The van der Waals surface area contributed by atoms with Crippen LogP contribution in [0.15, 0.2) is 77.7 Å². The Morgan fingerprint density at radius 3 is 2.31 bits per heavy atom. The lowest BCUT2D eigenvalue weighted by atomic mass is 10.00. The molecule has 1 saturated heterocycles. The second-order valence-electron chi connectivity index (χ2n) is 7.82. The standard InChI is InChI=1S/C24H23ClN2O3S2/c1-16(2)21-5-3-4-6-22(21)27-23(28)15-31-24(27)17-7-11-19(12-8-17)26-32(29,30)20-13-9-18(25)10-14-20/h3-14,16,24,26H,15H2,1-2H3. The molecule has 4 rings (SSSR count). The highest BCUT2D eigenvalue weighted by Crippen LogP contribution is 2.44. The van der Waals surface area contributed by atoms with Crippen LogP contribution < -0.4 is 9.62 Å². The molecular weight excluding hydrogens is 464 g/mol. The highest BCUT2D eigenvalue weighted by molar-refractivity contribution is 8.00. The molecule has 1 amide bonds. The fourth-order valence-corrected chi connectivity index (χ4v) is 6.02. The summed E-state index contributed by atoms with van der Waals surface area (Å²) >= 11 is 7.42. The second-order valence-corrected chi connectivity index (χ2v) is 11.0. The first-order valence-corrected chi connectivity index (χ1v) is 13.1. The van der Waals surface area contributed by atoms with Crippen LogP contribution in [0.4, 0.5) is 11.4 Å². The minimum Gasteiger partial charge on any atom is -0.295 e. The molecule has 1 fully saturated rings. The number of hydrogen-bond acceptors (Lipinski definition) is 4. The van der Waals surface area contributed by atoms with Crippen molar-refractivity contribution in [2.75, 3.05) is 15.4 Å². The van der Waals surface area contributed by atoms with Crippen LogP contribution in [0.5, 0.6) is 0 Å². The summed E-state index contributed by atoms with van der Waals surface area (Å²) < 4.78 is 27.8. The number of carbonyl (C=O) groups is 1. The SMILES string of the molecule is CC(C)c1ccccc1N1C(=O)CSC1c1ccc(NS(=O)(=O)c2ccc(Cl)cc2)cc1. The zero-order valence-corrected chi connectivity index (χ0v) is 20.0. The van der Waals surface area contributed by atoms with Gasteiger partial charge < -0.3 is 0 Å². The van der Waals surface area contributed by atoms with E-state index in [1.807, 2.05) is 35.2 Å². The number of amides is 1. The number of nitrogens with one attached hydrogen (secondary N) is 1. The number of carbonyl (C=O) groups excluding carboxylic acids is 1. The van der Waals surface area contributed by atoms with E-state index < -0.39 is 10.0 Å². The second kappa shape index (κ2) is 9.17. The molecule has 1 aliphatic heterocycles. The molecule has 166 valence electrons. The van der Waals surface area contributed by atoms with Gasteiger partial charge in [-0.15, -0.1) is 11.8 Å². The van der Waals surface area contributed by atoms with E-state index >= 15 is 0 Å². The number of anilines is 2. The Labute approximate surface area is 197 Å². The molecule has 1 unspecified atom stereocenters. The van der Waals surface area contributed by atoms with Gasteiger partial charge in [-0.25, -0.2) is 8.42 Å². The number of halogens is 1. The predicted octanol–water partition coefficient (Wildman–Crippen LogP) is 6.04. The summed E-state index contributed by atoms with van der Waals surface area (Å²) in [5, 5.41) is 0.310. The molecule has 3 aromatic rings. The van der Waals surface area contributed by atoms with Crippen LogP contribution in [0, 0.1) is 0 Å². The van der Waals surface area contributed by atoms with Crippen molar-refractivity contribution in [1.29, 1.82) is 0 Å². The van der Waals surface area contributed by atoms with Gasteiger partial charge in [-0.3, -0.25) is 14.4 Å². The molecular formula is C24H23ClN2O3S2. The van der Waals surface area contributed by atoms with Crippen molar-refractivity contribution in [3.63, 3.8) is 0 Å². The highest BCUT2D eigenvalue weighted by atomic mass is 35.5. The summed E-state index contributed by atoms with van der Waals surface area (Å²) in [6, 6.07) is 21.1. The van der Waals surface area contributed by atoms with Gasteiger partial charge in [-0.2, -0.15) is 0 Å². The predicted molar refractivity (Wildman–Crippen MR) is 132 cm³/mol. The highest BCUT2D eigenvalue weighted by Gasteiger charge is 2.35. The molecule has 0 saturated carbocycles. The Morgan fingerprint density at radius 2 is 1.66 bits per heavy atom. The van der Waals surface area contributed by atoms with Crippen molar-refractivity contribution in [2.45, 2.75) is 30.0 Å². The largest absolute Gasteiger partial charge is 0.295 e. The zero-order valence-electron chi connectivity index (χ0n) is 17.7. The first-order valence-electron chi connectivity index (χ1n) is 10.2. The molecule has 0 radical (unpaired) electrons. The van der Waals surface area contributed by atoms with Crippen LogP contribution in [0.2, 0.25) is 5.02 Å². The van der Waals surface area contributed by atoms with E-state index in [4.69, 9.17) is 11.6 Å². The number of hydrogen-bond donors (Lipinski definition) is 1. The lowest BCUT2D eigenvalue weighted by Crippen LogP contribution is -2.29. The topological polar surface area (TPSA) is 66.5 Å². The van der Waals surface area contributed by atoms with Crippen molar-refractivity contribution in [3.8, 4) is 0 Å². The first-order chi connectivity index (χ1) is 15.3. The third-order valence-electron chi connectivity index (χ3n) is 5.26. The van der Waals surface area contributed by atoms with E-state index in [0.717, 1.165) is 16.8 Å². The minimum atomic E-state index is -3.72. The third kappa shape index (κ3) is 4.65. The van der Waals surface area contributed by atoms with E-state index in [1.165, 1.54) is 24.3 Å². The quantitative estimate of drug-likeness (QED) is 0.461. The molecule has 0 aliphatic carbocycles. The van der Waals surface area contributed by atoms with Crippen LogP contribution >= 0.6 is 23.4 Å². The van der Waals surface area contributed by atoms with Crippen molar-refractivity contribution in [3.05, 3.63) is 88.9 Å². The molecule has 1 N–H and O–H groups in total. The van der Waals surface area contributed by atoms with Crippen LogP contribution in [0.25, 0.3) is 0 Å². The molecule has 1 atom stereocenters. The van der Waals surface area contributed by atoms with E-state index in [-0.39, 0.29) is 22.1 Å². The van der Waals surface area contributed by atoms with Gasteiger partial charge >= 0.3 is 0 Å². The fourth-order valence-electron chi connectivity index (χ4n) is 3.67. The average Bonchev–Trinajstić information content (AvgIpc) is 3.15. The van der Waals surface area contributed by atoms with Crippen molar-refractivity contribution in [2.24, 2.45) is 0 Å². The average molecular weight is 487 g/mol. The molecule has 5 nitrogen and oxygen atoms in total. The maximum Gasteiger partial charge on any atom is 0.261 e. The van der Waals surface area contributed by atoms with Crippen LogP contribution in [0.3, 0.4) is 0 Å². The number of nitrogens with zero attached hydrogens (tertiary/aromatic N) is 1. The Hall–Kier alpha value is -2.48. The lowest BCUT2D eigenvalue weighted by molar-refractivity contribution is -0.115. The van der Waals surface area contributed by atoms with Gasteiger partial charge in [0, 0.05) is 16.4 Å². The van der Waals surface area contributed by atoms with Crippen molar-refractivity contribution >= 4 is 50.7 Å². The fraction of sp³-hybridized carbons (Fsp3) is 0.208. The smallest absolute Gasteiger partial charge is 0.261 e. The number of rotatable bonds is 6. The normalized spacial score (nSPS) is 16.6. The molecule has 32 heavy (non-hydrogen) atoms. The number of sulfonamides is 1. The van der Waals surface area contributed by atoms with Gasteiger partial charge in [0.05, 0.1) is 10.6 Å². The molecule has 0 aromatic heterocycles. The van der Waals surface area contributed by atoms with E-state index in [9.17, 15) is 13.2 Å². The molecule has 1 heterocycles. The van der Waals surface area contributed by atoms with Gasteiger partial charge in [0.2, 0.25) is 5.91 Å². The number of thioether (sulfide) groups is 1. The van der Waals surface area contributed by atoms with Crippen molar-refractivity contribution in [1.82, 2.24) is 0 Å². The van der Waals surface area contributed by atoms with E-state index in [0.29, 0.717) is 16.5 Å². The molecule has 8 heteroatoms. The summed E-state index contributed by atoms with van der Waals surface area (Å²) in [6.45, 7) is 4.23. The van der Waals surface area contributed by atoms with Crippen LogP contribution in [0.1, 0.15) is 36.3 Å². The van der Waals surface area contributed by atoms with Crippen LogP contribution in [-0.4, -0.2) is 20.1 Å². The van der Waals surface area contributed by atoms with Gasteiger partial charge in [-0.05, 0) is 59.5 Å². The summed E-state index contributed by atoms with van der Waals surface area (Å²) in [5.74, 6) is 0.762. The molecule has 0 bridgehead atoms. The maximum atomic E-state index is 12.8. The Morgan fingerprint density at radius 1 is 1.00 bits per heavy atom. The van der Waals surface area contributed by atoms with Crippen LogP contribution in [-0.2, 0) is 14.8 Å². The van der Waals surface area contributed by atoms with Gasteiger partial charge in [0.25, 0.3) is 10.0 Å². The Balaban J connectivity index is 1.58. The maximum absolute atomic E-state index is 12.8. The zero-order chi connectivity index (χ0) is 22.9. The summed E-state index contributed by atoms with van der Waals surface area (Å²) in [4.78, 5) is 14.8.